The Kier molecular flexibility index (Phi) is 4.36. The lowest BCUT2D eigenvalue weighted by atomic mass is 10.1. The molecule has 0 saturated carbocycles. The molecule has 0 atom stereocenters. The number of hydrogen-bond acceptors (Lipinski definition) is 4. The Labute approximate surface area is 107 Å². The first-order valence-corrected chi connectivity index (χ1v) is 6.12. The fraction of sp³-hybridized carbons (Fsp3) is 0.357. The topological polar surface area (TPSA) is 47.3 Å². The summed E-state index contributed by atoms with van der Waals surface area (Å²) in [6, 6.07) is 5.80. The van der Waals surface area contributed by atoms with E-state index in [0.29, 0.717) is 5.88 Å². The molecule has 0 aliphatic heterocycles. The minimum atomic E-state index is 0.618. The van der Waals surface area contributed by atoms with Gasteiger partial charge >= 0.3 is 0 Å². The number of ether oxygens (including phenoxy) is 1. The number of nitrogens with zero attached hydrogens (tertiary/aromatic N) is 1. The smallest absolute Gasteiger partial charge is 0.212 e. The minimum absolute atomic E-state index is 0.618. The van der Waals surface area contributed by atoms with E-state index in [4.69, 9.17) is 9.15 Å². The summed E-state index contributed by atoms with van der Waals surface area (Å²) in [6.45, 7) is 3.87. The highest BCUT2D eigenvalue weighted by molar-refractivity contribution is 5.64. The average molecular weight is 246 g/mol. The lowest BCUT2D eigenvalue weighted by Crippen LogP contribution is -2.13. The largest absolute Gasteiger partial charge is 0.481 e. The van der Waals surface area contributed by atoms with Gasteiger partial charge in [0.25, 0.3) is 0 Å². The van der Waals surface area contributed by atoms with Gasteiger partial charge in [-0.05, 0) is 25.1 Å². The van der Waals surface area contributed by atoms with Crippen molar-refractivity contribution in [1.29, 1.82) is 0 Å². The molecule has 1 N–H and O–H groups in total. The molecule has 4 nitrogen and oxygen atoms in total. The Hall–Kier alpha value is -1.81. The third-order valence-corrected chi connectivity index (χ3v) is 2.71. The molecule has 0 radical (unpaired) electrons. The Morgan fingerprint density at radius 1 is 1.33 bits per heavy atom. The van der Waals surface area contributed by atoms with Gasteiger partial charge in [0, 0.05) is 23.4 Å². The molecule has 2 aromatic rings. The van der Waals surface area contributed by atoms with Crippen molar-refractivity contribution >= 4 is 0 Å². The van der Waals surface area contributed by atoms with Crippen LogP contribution in [0.1, 0.15) is 19.1 Å². The van der Waals surface area contributed by atoms with Crippen LogP contribution in [0.15, 0.2) is 35.1 Å². The van der Waals surface area contributed by atoms with E-state index >= 15 is 0 Å². The molecule has 18 heavy (non-hydrogen) atoms. The van der Waals surface area contributed by atoms with E-state index in [0.717, 1.165) is 36.4 Å². The zero-order chi connectivity index (χ0) is 12.8. The van der Waals surface area contributed by atoms with Crippen LogP contribution < -0.4 is 10.1 Å². The highest BCUT2D eigenvalue weighted by atomic mass is 16.5. The quantitative estimate of drug-likeness (QED) is 0.796. The third-order valence-electron chi connectivity index (χ3n) is 2.71. The van der Waals surface area contributed by atoms with Gasteiger partial charge in [-0.2, -0.15) is 0 Å². The molecule has 0 aliphatic rings. The predicted octanol–water partition coefficient (Wildman–Crippen LogP) is 2.85. The van der Waals surface area contributed by atoms with Gasteiger partial charge in [0.15, 0.2) is 0 Å². The van der Waals surface area contributed by atoms with Crippen molar-refractivity contribution in [1.82, 2.24) is 10.3 Å². The molecule has 0 unspecified atom stereocenters. The van der Waals surface area contributed by atoms with Crippen LogP contribution in [0.25, 0.3) is 11.1 Å². The van der Waals surface area contributed by atoms with Crippen LogP contribution in [-0.4, -0.2) is 18.6 Å². The van der Waals surface area contributed by atoms with E-state index in [1.807, 2.05) is 18.2 Å². The van der Waals surface area contributed by atoms with Crippen LogP contribution in [0.5, 0.6) is 5.88 Å². The van der Waals surface area contributed by atoms with Crippen LogP contribution >= 0.6 is 0 Å². The van der Waals surface area contributed by atoms with Crippen LogP contribution in [-0.2, 0) is 6.54 Å². The van der Waals surface area contributed by atoms with Gasteiger partial charge in [-0.25, -0.2) is 4.98 Å². The van der Waals surface area contributed by atoms with E-state index in [1.54, 1.807) is 19.6 Å². The molecular formula is C14H18N2O2. The molecule has 0 spiro atoms. The number of furan rings is 1. The van der Waals surface area contributed by atoms with Crippen LogP contribution in [0.2, 0.25) is 0 Å². The second-order valence-electron chi connectivity index (χ2n) is 4.02. The van der Waals surface area contributed by atoms with Crippen molar-refractivity contribution in [2.45, 2.75) is 19.9 Å². The maximum absolute atomic E-state index is 5.50. The van der Waals surface area contributed by atoms with Crippen molar-refractivity contribution in [2.75, 3.05) is 13.7 Å². The lowest BCUT2D eigenvalue weighted by Gasteiger charge is -2.05. The first-order valence-electron chi connectivity index (χ1n) is 6.12. The Morgan fingerprint density at radius 2 is 2.22 bits per heavy atom. The molecule has 96 valence electrons. The summed E-state index contributed by atoms with van der Waals surface area (Å²) in [6.07, 6.45) is 4.62. The average Bonchev–Trinajstić information content (AvgIpc) is 2.88. The minimum Gasteiger partial charge on any atom is -0.481 e. The second-order valence-corrected chi connectivity index (χ2v) is 4.02. The van der Waals surface area contributed by atoms with Gasteiger partial charge < -0.3 is 14.5 Å². The number of aromatic nitrogens is 1. The number of hydrogen-bond donors (Lipinski definition) is 1. The van der Waals surface area contributed by atoms with Gasteiger partial charge in [0.05, 0.1) is 19.9 Å². The summed E-state index contributed by atoms with van der Waals surface area (Å²) in [7, 11) is 1.61. The van der Waals surface area contributed by atoms with E-state index in [9.17, 15) is 0 Å². The number of pyridine rings is 1. The highest BCUT2D eigenvalue weighted by Crippen LogP contribution is 2.25. The molecule has 4 heteroatoms. The van der Waals surface area contributed by atoms with Crippen molar-refractivity contribution in [3.63, 3.8) is 0 Å². The Balaban J connectivity index is 2.14. The number of nitrogens with one attached hydrogen (secondary N) is 1. The monoisotopic (exact) mass is 246 g/mol. The summed E-state index contributed by atoms with van der Waals surface area (Å²) in [5, 5.41) is 3.33. The zero-order valence-electron chi connectivity index (χ0n) is 10.8. The SMILES string of the molecule is CCCNCc1occc1-c1ccc(OC)nc1. The molecule has 0 bridgehead atoms. The number of methoxy groups -OCH3 is 1. The molecule has 0 amide bonds. The van der Waals surface area contributed by atoms with Crippen molar-refractivity contribution < 1.29 is 9.15 Å². The van der Waals surface area contributed by atoms with Crippen LogP contribution in [0, 0.1) is 0 Å². The zero-order valence-corrected chi connectivity index (χ0v) is 10.8. The Bertz CT molecular complexity index is 477. The van der Waals surface area contributed by atoms with Gasteiger partial charge in [-0.1, -0.05) is 6.92 Å². The second kappa shape index (κ2) is 6.21. The summed E-state index contributed by atoms with van der Waals surface area (Å²) < 4.78 is 10.5. The molecule has 0 aliphatic carbocycles. The molecule has 2 heterocycles. The summed E-state index contributed by atoms with van der Waals surface area (Å²) in [4.78, 5) is 4.21. The maximum Gasteiger partial charge on any atom is 0.212 e. The summed E-state index contributed by atoms with van der Waals surface area (Å²) in [5.74, 6) is 1.56. The normalized spacial score (nSPS) is 10.6. The van der Waals surface area contributed by atoms with E-state index in [1.165, 1.54) is 0 Å². The van der Waals surface area contributed by atoms with Crippen LogP contribution in [0.4, 0.5) is 0 Å². The first-order chi connectivity index (χ1) is 8.85. The summed E-state index contributed by atoms with van der Waals surface area (Å²) >= 11 is 0. The molecule has 0 saturated heterocycles. The Morgan fingerprint density at radius 3 is 2.89 bits per heavy atom. The molecule has 2 aromatic heterocycles. The van der Waals surface area contributed by atoms with Crippen molar-refractivity contribution in [3.8, 4) is 17.0 Å². The molecular weight excluding hydrogens is 228 g/mol. The fourth-order valence-corrected chi connectivity index (χ4v) is 1.77. The van der Waals surface area contributed by atoms with Gasteiger partial charge in [0.1, 0.15) is 5.76 Å². The van der Waals surface area contributed by atoms with E-state index < -0.39 is 0 Å². The predicted molar refractivity (Wildman–Crippen MR) is 70.5 cm³/mol. The first kappa shape index (κ1) is 12.6. The molecule has 0 fully saturated rings. The third kappa shape index (κ3) is 2.90. The molecule has 0 aromatic carbocycles. The number of rotatable bonds is 6. The van der Waals surface area contributed by atoms with Gasteiger partial charge in [0.2, 0.25) is 5.88 Å². The van der Waals surface area contributed by atoms with Crippen molar-refractivity contribution in [3.05, 3.63) is 36.4 Å². The van der Waals surface area contributed by atoms with Gasteiger partial charge in [-0.3, -0.25) is 0 Å². The van der Waals surface area contributed by atoms with E-state index in [2.05, 4.69) is 17.2 Å². The highest BCUT2D eigenvalue weighted by Gasteiger charge is 2.08. The van der Waals surface area contributed by atoms with Crippen molar-refractivity contribution in [2.24, 2.45) is 0 Å². The summed E-state index contributed by atoms with van der Waals surface area (Å²) in [5.41, 5.74) is 2.12. The van der Waals surface area contributed by atoms with Gasteiger partial charge in [-0.15, -0.1) is 0 Å². The van der Waals surface area contributed by atoms with E-state index in [-0.39, 0.29) is 0 Å². The standard InChI is InChI=1S/C14H18N2O2/c1-3-7-15-10-13-12(6-8-18-13)11-4-5-14(17-2)16-9-11/h4-6,8-9,15H,3,7,10H2,1-2H3. The maximum atomic E-state index is 5.50. The fourth-order valence-electron chi connectivity index (χ4n) is 1.77. The lowest BCUT2D eigenvalue weighted by molar-refractivity contribution is 0.398. The van der Waals surface area contributed by atoms with Crippen LogP contribution in [0.3, 0.4) is 0 Å². The molecule has 2 rings (SSSR count).